The summed E-state index contributed by atoms with van der Waals surface area (Å²) >= 11 is 0. The van der Waals surface area contributed by atoms with Crippen LogP contribution < -0.4 is 0 Å². The van der Waals surface area contributed by atoms with Crippen LogP contribution in [0, 0.1) is 47.4 Å². The van der Waals surface area contributed by atoms with Gasteiger partial charge in [0.1, 0.15) is 13.2 Å². The largest absolute Gasteiger partial charge is 0.390 e. The average molecular weight is 705 g/mol. The van der Waals surface area contributed by atoms with Gasteiger partial charge in [0.2, 0.25) is 0 Å². The van der Waals surface area contributed by atoms with Gasteiger partial charge in [-0.2, -0.15) is 0 Å². The monoisotopic (exact) mass is 705 g/mol. The number of hydrogen-bond acceptors (Lipinski definition) is 8. The van der Waals surface area contributed by atoms with Crippen molar-refractivity contribution in [1.29, 1.82) is 0 Å². The fourth-order valence-corrected chi connectivity index (χ4v) is 4.46. The molecule has 0 amide bonds. The lowest BCUT2D eigenvalue weighted by Gasteiger charge is -2.19. The summed E-state index contributed by atoms with van der Waals surface area (Å²) < 4.78 is 27.3. The minimum atomic E-state index is -0.806. The summed E-state index contributed by atoms with van der Waals surface area (Å²) in [5.41, 5.74) is -0.160. The molecule has 1 heterocycles. The van der Waals surface area contributed by atoms with Gasteiger partial charge < -0.3 is 39.0 Å². The smallest absolute Gasteiger partial charge is 0.163 e. The lowest BCUT2D eigenvalue weighted by atomic mass is 10.0. The normalized spacial score (nSPS) is 17.3. The van der Waals surface area contributed by atoms with Crippen molar-refractivity contribution in [2.24, 2.45) is 0 Å². The van der Waals surface area contributed by atoms with E-state index in [1.54, 1.807) is 14.2 Å². The lowest BCUT2D eigenvalue weighted by molar-refractivity contribution is -0.178. The van der Waals surface area contributed by atoms with Gasteiger partial charge in [-0.25, -0.2) is 0 Å². The summed E-state index contributed by atoms with van der Waals surface area (Å²) in [6.07, 6.45) is 13.3. The average Bonchev–Trinajstić information content (AvgIpc) is 3.36. The van der Waals surface area contributed by atoms with E-state index in [0.717, 1.165) is 19.3 Å². The minimum Gasteiger partial charge on any atom is -0.390 e. The Morgan fingerprint density at radius 3 is 1.74 bits per heavy atom. The van der Waals surface area contributed by atoms with Crippen molar-refractivity contribution in [2.75, 3.05) is 27.4 Å². The van der Waals surface area contributed by atoms with Crippen LogP contribution in [0.25, 0.3) is 0 Å². The van der Waals surface area contributed by atoms with Gasteiger partial charge in [-0.3, -0.25) is 0 Å². The van der Waals surface area contributed by atoms with E-state index in [0.29, 0.717) is 19.4 Å². The van der Waals surface area contributed by atoms with Crippen LogP contribution in [-0.4, -0.2) is 84.3 Å². The Labute approximate surface area is 307 Å². The molecule has 3 N–H and O–H groups in total. The molecular formula is C42H72O8. The van der Waals surface area contributed by atoms with Gasteiger partial charge in [-0.15, -0.1) is 0 Å². The summed E-state index contributed by atoms with van der Waals surface area (Å²) in [7, 11) is 3.23. The Kier molecular flexibility index (Phi) is 30.6. The van der Waals surface area contributed by atoms with Crippen molar-refractivity contribution >= 4 is 0 Å². The van der Waals surface area contributed by atoms with Gasteiger partial charge >= 0.3 is 0 Å². The number of ether oxygens (including phenoxy) is 5. The van der Waals surface area contributed by atoms with E-state index >= 15 is 0 Å². The highest BCUT2D eigenvalue weighted by Crippen LogP contribution is 2.32. The van der Waals surface area contributed by atoms with Crippen LogP contribution in [0.15, 0.2) is 0 Å². The lowest BCUT2D eigenvalue weighted by Crippen LogP contribution is -2.25. The van der Waals surface area contributed by atoms with E-state index in [2.05, 4.69) is 61.2 Å². The maximum Gasteiger partial charge on any atom is 0.163 e. The number of aliphatic hydroxyl groups is 3. The molecule has 4 atom stereocenters. The highest BCUT2D eigenvalue weighted by molar-refractivity contribution is 5.26. The summed E-state index contributed by atoms with van der Waals surface area (Å²) in [4.78, 5) is 0. The second kappa shape index (κ2) is 30.5. The number of rotatable bonds is 18. The van der Waals surface area contributed by atoms with Crippen LogP contribution in [0.2, 0.25) is 0 Å². The molecule has 0 aliphatic carbocycles. The predicted molar refractivity (Wildman–Crippen MR) is 204 cm³/mol. The molecule has 0 spiro atoms. The zero-order chi connectivity index (χ0) is 38.3. The Balaban J connectivity index is 0. The molecule has 1 fully saturated rings. The van der Waals surface area contributed by atoms with Crippen LogP contribution in [0.3, 0.4) is 0 Å². The predicted octanol–water partition coefficient (Wildman–Crippen LogP) is 7.55. The molecule has 0 radical (unpaired) electrons. The second-order valence-electron chi connectivity index (χ2n) is 14.2. The second-order valence-corrected chi connectivity index (χ2v) is 14.2. The van der Waals surface area contributed by atoms with E-state index in [-0.39, 0.29) is 30.8 Å². The molecule has 1 aliphatic rings. The molecule has 0 saturated carbocycles. The molecule has 1 aliphatic heterocycles. The highest BCUT2D eigenvalue weighted by atomic mass is 16.7. The minimum absolute atomic E-state index is 0.0429. The summed E-state index contributed by atoms with van der Waals surface area (Å²) in [5, 5.41) is 27.7. The van der Waals surface area contributed by atoms with Crippen LogP contribution in [0.1, 0.15) is 152 Å². The molecule has 8 heteroatoms. The Bertz CT molecular complexity index is 1070. The summed E-state index contributed by atoms with van der Waals surface area (Å²) in [6, 6.07) is 0. The maximum atomic E-state index is 9.68. The molecule has 0 bridgehead atoms. The van der Waals surface area contributed by atoms with Gasteiger partial charge in [0.15, 0.2) is 11.6 Å². The zero-order valence-corrected chi connectivity index (χ0v) is 33.5. The van der Waals surface area contributed by atoms with E-state index in [9.17, 15) is 10.2 Å². The van der Waals surface area contributed by atoms with Crippen molar-refractivity contribution in [3.8, 4) is 47.4 Å². The summed E-state index contributed by atoms with van der Waals surface area (Å²) in [6.45, 7) is 18.3. The van der Waals surface area contributed by atoms with Gasteiger partial charge in [0.25, 0.3) is 0 Å². The Hall–Kier alpha value is -2.08. The van der Waals surface area contributed by atoms with E-state index in [4.69, 9.17) is 28.8 Å². The van der Waals surface area contributed by atoms with Gasteiger partial charge in [0.05, 0.1) is 30.0 Å². The first-order valence-corrected chi connectivity index (χ1v) is 18.6. The molecule has 0 aromatic rings. The van der Waals surface area contributed by atoms with Gasteiger partial charge in [0, 0.05) is 27.1 Å². The van der Waals surface area contributed by atoms with Crippen molar-refractivity contribution in [2.45, 2.75) is 194 Å². The molecule has 1 rings (SSSR count). The van der Waals surface area contributed by atoms with Crippen LogP contribution >= 0.6 is 0 Å². The van der Waals surface area contributed by atoms with E-state index < -0.39 is 23.8 Å². The van der Waals surface area contributed by atoms with Crippen LogP contribution in [0.4, 0.5) is 0 Å². The summed E-state index contributed by atoms with van der Waals surface area (Å²) in [5.74, 6) is 20.9. The third kappa shape index (κ3) is 31.9. The molecule has 50 heavy (non-hydrogen) atoms. The third-order valence-electron chi connectivity index (χ3n) is 7.66. The SMILES string of the molecule is CCCCCCC[C@@H](O)[C@H](O)CC#CC#CCO.CCCCCCC[C@H]1OC(C)(C)O[C@@H]1CC#CC#CCOC(C)(C)C.COC(C)(C)OC. The Morgan fingerprint density at radius 2 is 1.20 bits per heavy atom. The number of unbranched alkanes of at least 4 members (excludes halogenated alkanes) is 8. The maximum absolute atomic E-state index is 9.68. The topological polar surface area (TPSA) is 107 Å². The zero-order valence-electron chi connectivity index (χ0n) is 33.5. The quantitative estimate of drug-likeness (QED) is 0.0763. The van der Waals surface area contributed by atoms with Crippen LogP contribution in [-0.2, 0) is 23.7 Å². The number of aliphatic hydroxyl groups excluding tert-OH is 3. The molecule has 0 aromatic carbocycles. The molecule has 0 aromatic heterocycles. The van der Waals surface area contributed by atoms with Crippen molar-refractivity contribution in [3.05, 3.63) is 0 Å². The standard InChI is InChI=1S/C22H36O3.C15H24O3.C5H12O2/c1-7-8-9-10-13-16-19-20(25-22(5,6)24-19)17-14-11-12-15-18-23-21(2,3)4;1-2-3-4-5-8-11-14(17)15(18)12-9-6-7-10-13-16;1-5(2,6-3)7-4/h19-20H,7-10,13,16-18H2,1-6H3;14-18H,2-5,8,11-13H2,1H3;1-4H3/t19-,20-;14-,15-;/m11./s1. The molecule has 8 nitrogen and oxygen atoms in total. The Morgan fingerprint density at radius 1 is 0.680 bits per heavy atom. The van der Waals surface area contributed by atoms with Crippen molar-refractivity contribution < 1.29 is 39.0 Å². The fraction of sp³-hybridized carbons (Fsp3) is 0.810. The molecule has 1 saturated heterocycles. The van der Waals surface area contributed by atoms with Crippen LogP contribution in [0.5, 0.6) is 0 Å². The van der Waals surface area contributed by atoms with Crippen molar-refractivity contribution in [3.63, 3.8) is 0 Å². The number of hydrogen-bond donors (Lipinski definition) is 3. The first-order valence-electron chi connectivity index (χ1n) is 18.6. The fourth-order valence-electron chi connectivity index (χ4n) is 4.46. The van der Waals surface area contributed by atoms with Gasteiger partial charge in [-0.1, -0.05) is 102 Å². The molecular weight excluding hydrogens is 632 g/mol. The third-order valence-corrected chi connectivity index (χ3v) is 7.66. The first kappa shape index (κ1) is 50.0. The first-order chi connectivity index (χ1) is 23.6. The molecule has 0 unspecified atom stereocenters. The molecule has 288 valence electrons. The van der Waals surface area contributed by atoms with E-state index in [1.165, 1.54) is 51.4 Å². The number of methoxy groups -OCH3 is 2. The van der Waals surface area contributed by atoms with Crippen molar-refractivity contribution in [1.82, 2.24) is 0 Å². The van der Waals surface area contributed by atoms with E-state index in [1.807, 2.05) is 48.5 Å². The highest BCUT2D eigenvalue weighted by Gasteiger charge is 2.40. The van der Waals surface area contributed by atoms with Gasteiger partial charge in [-0.05, 0) is 85.0 Å².